The van der Waals surface area contributed by atoms with Crippen LogP contribution in [0.1, 0.15) is 33.1 Å². The lowest BCUT2D eigenvalue weighted by molar-refractivity contribution is -0.140. The maximum absolute atomic E-state index is 10.9. The Morgan fingerprint density at radius 1 is 1.11 bits per heavy atom. The van der Waals surface area contributed by atoms with Gasteiger partial charge in [0.15, 0.2) is 0 Å². The standard InChI is InChI=1S/C13H29NO4Si/c1-5-17-19(4,18-6-2)12-8-7-10-14-11-9-13(15)16-3/h14H,5-12H2,1-4H3. The van der Waals surface area contributed by atoms with E-state index in [1.54, 1.807) is 0 Å². The monoisotopic (exact) mass is 291 g/mol. The Morgan fingerprint density at radius 2 is 1.74 bits per heavy atom. The maximum Gasteiger partial charge on any atom is 0.334 e. The van der Waals surface area contributed by atoms with Crippen molar-refractivity contribution in [3.05, 3.63) is 0 Å². The lowest BCUT2D eigenvalue weighted by atomic mass is 10.3. The molecule has 0 atom stereocenters. The predicted octanol–water partition coefficient (Wildman–Crippen LogP) is 2.06. The molecule has 1 N–H and O–H groups in total. The van der Waals surface area contributed by atoms with Crippen LogP contribution in [0.3, 0.4) is 0 Å². The lowest BCUT2D eigenvalue weighted by Crippen LogP contribution is -2.38. The van der Waals surface area contributed by atoms with Crippen LogP contribution in [0, 0.1) is 0 Å². The molecule has 0 aromatic carbocycles. The molecule has 0 spiro atoms. The number of carbonyl (C=O) groups excluding carboxylic acids is 1. The van der Waals surface area contributed by atoms with E-state index in [-0.39, 0.29) is 5.97 Å². The molecule has 0 unspecified atom stereocenters. The largest absolute Gasteiger partial charge is 0.469 e. The van der Waals surface area contributed by atoms with Crippen molar-refractivity contribution in [3.63, 3.8) is 0 Å². The number of hydrogen-bond acceptors (Lipinski definition) is 5. The highest BCUT2D eigenvalue weighted by molar-refractivity contribution is 6.66. The lowest BCUT2D eigenvalue weighted by Gasteiger charge is -2.25. The van der Waals surface area contributed by atoms with Crippen LogP contribution in [-0.4, -0.2) is 47.9 Å². The summed E-state index contributed by atoms with van der Waals surface area (Å²) in [6, 6.07) is 1.02. The first-order valence-electron chi connectivity index (χ1n) is 7.13. The third kappa shape index (κ3) is 10.1. The van der Waals surface area contributed by atoms with E-state index < -0.39 is 8.56 Å². The SMILES string of the molecule is CCO[Si](C)(CCCCNCCC(=O)OC)OCC. The summed E-state index contributed by atoms with van der Waals surface area (Å²) in [5.74, 6) is -0.167. The van der Waals surface area contributed by atoms with Gasteiger partial charge in [0.25, 0.3) is 0 Å². The van der Waals surface area contributed by atoms with Crippen LogP contribution in [0.25, 0.3) is 0 Å². The van der Waals surface area contributed by atoms with Crippen LogP contribution in [-0.2, 0) is 18.4 Å². The van der Waals surface area contributed by atoms with Crippen LogP contribution in [0.15, 0.2) is 0 Å². The van der Waals surface area contributed by atoms with Gasteiger partial charge in [-0.05, 0) is 39.4 Å². The quantitative estimate of drug-likeness (QED) is 0.339. The van der Waals surface area contributed by atoms with Crippen molar-refractivity contribution in [3.8, 4) is 0 Å². The van der Waals surface area contributed by atoms with E-state index in [1.165, 1.54) is 7.11 Å². The Kier molecular flexibility index (Phi) is 11.1. The van der Waals surface area contributed by atoms with Gasteiger partial charge in [-0.25, -0.2) is 0 Å². The van der Waals surface area contributed by atoms with Gasteiger partial charge in [-0.15, -0.1) is 0 Å². The molecule has 0 aliphatic heterocycles. The van der Waals surface area contributed by atoms with Crippen LogP contribution in [0.4, 0.5) is 0 Å². The Labute approximate surface area is 118 Å². The number of nitrogens with one attached hydrogen (secondary N) is 1. The zero-order valence-electron chi connectivity index (χ0n) is 12.8. The molecule has 0 heterocycles. The smallest absolute Gasteiger partial charge is 0.334 e. The maximum atomic E-state index is 10.9. The average molecular weight is 291 g/mol. The Morgan fingerprint density at radius 3 is 2.26 bits per heavy atom. The first kappa shape index (κ1) is 18.6. The van der Waals surface area contributed by atoms with Gasteiger partial charge >= 0.3 is 14.5 Å². The molecule has 0 bridgehead atoms. The minimum atomic E-state index is -1.94. The zero-order chi connectivity index (χ0) is 14.6. The molecule has 0 aromatic heterocycles. The highest BCUT2D eigenvalue weighted by Crippen LogP contribution is 2.16. The van der Waals surface area contributed by atoms with E-state index in [0.717, 1.165) is 38.6 Å². The van der Waals surface area contributed by atoms with Crippen molar-refractivity contribution in [2.45, 2.75) is 45.7 Å². The number of carbonyl (C=O) groups is 1. The molecule has 0 saturated carbocycles. The summed E-state index contributed by atoms with van der Waals surface area (Å²) in [5.41, 5.74) is 0. The highest BCUT2D eigenvalue weighted by Gasteiger charge is 2.29. The van der Waals surface area contributed by atoms with E-state index in [1.807, 2.05) is 13.8 Å². The van der Waals surface area contributed by atoms with Gasteiger partial charge in [0.05, 0.1) is 13.5 Å². The molecule has 0 aliphatic rings. The zero-order valence-corrected chi connectivity index (χ0v) is 13.8. The van der Waals surface area contributed by atoms with Crippen LogP contribution in [0.2, 0.25) is 12.6 Å². The van der Waals surface area contributed by atoms with Gasteiger partial charge < -0.3 is 18.9 Å². The van der Waals surface area contributed by atoms with Crippen molar-refractivity contribution in [1.82, 2.24) is 5.32 Å². The normalized spacial score (nSPS) is 11.6. The molecule has 0 amide bonds. The Hall–Kier alpha value is -0.433. The highest BCUT2D eigenvalue weighted by atomic mass is 28.4. The number of methoxy groups -OCH3 is 1. The van der Waals surface area contributed by atoms with Gasteiger partial charge in [-0.3, -0.25) is 4.79 Å². The summed E-state index contributed by atoms with van der Waals surface area (Å²) in [4.78, 5) is 10.9. The van der Waals surface area contributed by atoms with Crippen molar-refractivity contribution >= 4 is 14.5 Å². The fourth-order valence-corrected chi connectivity index (χ4v) is 4.40. The second-order valence-corrected chi connectivity index (χ2v) is 7.88. The molecule has 0 aliphatic carbocycles. The molecule has 0 radical (unpaired) electrons. The molecular weight excluding hydrogens is 262 g/mol. The van der Waals surface area contributed by atoms with Crippen LogP contribution < -0.4 is 5.32 Å². The summed E-state index contributed by atoms with van der Waals surface area (Å²) >= 11 is 0. The number of hydrogen-bond donors (Lipinski definition) is 1. The van der Waals surface area contributed by atoms with Gasteiger partial charge in [0.1, 0.15) is 0 Å². The summed E-state index contributed by atoms with van der Waals surface area (Å²) in [7, 11) is -0.532. The Bertz CT molecular complexity index is 233. The summed E-state index contributed by atoms with van der Waals surface area (Å²) in [5, 5.41) is 3.23. The van der Waals surface area contributed by atoms with Crippen LogP contribution in [0.5, 0.6) is 0 Å². The molecule has 6 heteroatoms. The third-order valence-corrected chi connectivity index (χ3v) is 5.93. The fourth-order valence-electron chi connectivity index (χ4n) is 1.91. The molecule has 5 nitrogen and oxygen atoms in total. The fraction of sp³-hybridized carbons (Fsp3) is 0.923. The molecule has 19 heavy (non-hydrogen) atoms. The minimum absolute atomic E-state index is 0.167. The molecule has 0 rings (SSSR count). The van der Waals surface area contributed by atoms with E-state index in [9.17, 15) is 4.79 Å². The van der Waals surface area contributed by atoms with Gasteiger partial charge in [0, 0.05) is 19.8 Å². The number of rotatable bonds is 12. The first-order chi connectivity index (χ1) is 9.08. The van der Waals surface area contributed by atoms with Crippen LogP contribution >= 0.6 is 0 Å². The average Bonchev–Trinajstić information content (AvgIpc) is 2.37. The van der Waals surface area contributed by atoms with Gasteiger partial charge in [-0.2, -0.15) is 0 Å². The first-order valence-corrected chi connectivity index (χ1v) is 9.65. The van der Waals surface area contributed by atoms with Crippen molar-refractivity contribution in [2.75, 3.05) is 33.4 Å². The minimum Gasteiger partial charge on any atom is -0.469 e. The molecular formula is C13H29NO4Si. The Balaban J connectivity index is 3.57. The summed E-state index contributed by atoms with van der Waals surface area (Å²) in [6.45, 7) is 9.19. The van der Waals surface area contributed by atoms with Crippen molar-refractivity contribution < 1.29 is 18.4 Å². The van der Waals surface area contributed by atoms with E-state index >= 15 is 0 Å². The predicted molar refractivity (Wildman–Crippen MR) is 78.4 cm³/mol. The second kappa shape index (κ2) is 11.4. The molecule has 114 valence electrons. The molecule has 0 fully saturated rings. The van der Waals surface area contributed by atoms with Gasteiger partial charge in [0.2, 0.25) is 0 Å². The van der Waals surface area contributed by atoms with E-state index in [4.69, 9.17) is 8.85 Å². The topological polar surface area (TPSA) is 56.8 Å². The number of esters is 1. The third-order valence-electron chi connectivity index (χ3n) is 2.87. The van der Waals surface area contributed by atoms with E-state index in [2.05, 4.69) is 16.6 Å². The van der Waals surface area contributed by atoms with Gasteiger partial charge in [-0.1, -0.05) is 6.42 Å². The molecule has 0 saturated heterocycles. The van der Waals surface area contributed by atoms with Crippen molar-refractivity contribution in [1.29, 1.82) is 0 Å². The summed E-state index contributed by atoms with van der Waals surface area (Å²) < 4.78 is 16.1. The summed E-state index contributed by atoms with van der Waals surface area (Å²) in [6.07, 6.45) is 2.60. The number of ether oxygens (including phenoxy) is 1. The number of unbranched alkanes of at least 4 members (excludes halogenated alkanes) is 1. The second-order valence-electron chi connectivity index (χ2n) is 4.53. The molecule has 0 aromatic rings. The van der Waals surface area contributed by atoms with E-state index in [0.29, 0.717) is 13.0 Å². The van der Waals surface area contributed by atoms with Crippen molar-refractivity contribution in [2.24, 2.45) is 0 Å².